The minimum Gasteiger partial charge on any atom is -0.385 e. The summed E-state index contributed by atoms with van der Waals surface area (Å²) in [4.78, 5) is 6.75. The molecule has 0 bridgehead atoms. The molecule has 0 amide bonds. The van der Waals surface area contributed by atoms with E-state index in [1.165, 1.54) is 19.3 Å². The normalized spacial score (nSPS) is 18.6. The van der Waals surface area contributed by atoms with Crippen molar-refractivity contribution in [1.29, 1.82) is 0 Å². The Bertz CT molecular complexity index is 363. The lowest BCUT2D eigenvalue weighted by atomic mass is 10.1. The second-order valence-electron chi connectivity index (χ2n) is 5.11. The highest BCUT2D eigenvalue weighted by molar-refractivity contribution is 4.94. The maximum Gasteiger partial charge on any atom is 0.226 e. The van der Waals surface area contributed by atoms with Crippen molar-refractivity contribution in [2.45, 2.75) is 38.1 Å². The Kier molecular flexibility index (Phi) is 5.75. The van der Waals surface area contributed by atoms with Gasteiger partial charge in [0.2, 0.25) is 5.89 Å². The van der Waals surface area contributed by atoms with Crippen LogP contribution in [0.1, 0.15) is 43.4 Å². The molecule has 0 aromatic carbocycles. The van der Waals surface area contributed by atoms with Gasteiger partial charge < -0.3 is 19.9 Å². The van der Waals surface area contributed by atoms with Gasteiger partial charge in [-0.2, -0.15) is 4.98 Å². The molecule has 2 heterocycles. The monoisotopic (exact) mass is 268 g/mol. The number of aryl methyl sites for hydroxylation is 1. The average molecular weight is 268 g/mol. The third-order valence-corrected chi connectivity index (χ3v) is 3.46. The van der Waals surface area contributed by atoms with Crippen LogP contribution in [0.25, 0.3) is 0 Å². The number of methoxy groups -OCH3 is 1. The summed E-state index contributed by atoms with van der Waals surface area (Å²) >= 11 is 0. The van der Waals surface area contributed by atoms with Crippen molar-refractivity contribution in [2.24, 2.45) is 5.73 Å². The maximum atomic E-state index is 6.14. The van der Waals surface area contributed by atoms with E-state index in [-0.39, 0.29) is 6.04 Å². The Hall–Kier alpha value is -0.980. The Balaban J connectivity index is 1.79. The van der Waals surface area contributed by atoms with Crippen molar-refractivity contribution in [3.8, 4) is 0 Å². The predicted molar refractivity (Wildman–Crippen MR) is 71.7 cm³/mol. The van der Waals surface area contributed by atoms with Crippen molar-refractivity contribution in [1.82, 2.24) is 15.0 Å². The van der Waals surface area contributed by atoms with Gasteiger partial charge in [0.05, 0.1) is 6.04 Å². The summed E-state index contributed by atoms with van der Waals surface area (Å²) in [5.74, 6) is 1.28. The number of rotatable bonds is 7. The van der Waals surface area contributed by atoms with E-state index >= 15 is 0 Å². The van der Waals surface area contributed by atoms with Gasteiger partial charge in [0.15, 0.2) is 5.82 Å². The molecule has 108 valence electrons. The van der Waals surface area contributed by atoms with E-state index < -0.39 is 0 Å². The van der Waals surface area contributed by atoms with E-state index in [9.17, 15) is 0 Å². The first-order valence-corrected chi connectivity index (χ1v) is 7.09. The van der Waals surface area contributed by atoms with Gasteiger partial charge in [0, 0.05) is 26.7 Å². The molecule has 1 atom stereocenters. The Morgan fingerprint density at radius 2 is 2.16 bits per heavy atom. The third kappa shape index (κ3) is 4.56. The summed E-state index contributed by atoms with van der Waals surface area (Å²) in [6.07, 6.45) is 5.50. The zero-order valence-electron chi connectivity index (χ0n) is 11.7. The lowest BCUT2D eigenvalue weighted by Gasteiger charge is -2.27. The molecule has 1 unspecified atom stereocenters. The van der Waals surface area contributed by atoms with Gasteiger partial charge in [-0.1, -0.05) is 11.6 Å². The molecule has 1 aromatic heterocycles. The fourth-order valence-corrected chi connectivity index (χ4v) is 2.39. The molecular weight excluding hydrogens is 244 g/mol. The molecule has 1 aliphatic heterocycles. The van der Waals surface area contributed by atoms with Crippen molar-refractivity contribution >= 4 is 0 Å². The third-order valence-electron chi connectivity index (χ3n) is 3.46. The zero-order chi connectivity index (χ0) is 13.5. The summed E-state index contributed by atoms with van der Waals surface area (Å²) in [5, 5.41) is 3.98. The van der Waals surface area contributed by atoms with Crippen molar-refractivity contribution in [3.63, 3.8) is 0 Å². The molecule has 1 aromatic rings. The van der Waals surface area contributed by atoms with E-state index in [0.717, 1.165) is 32.5 Å². The molecule has 0 radical (unpaired) electrons. The number of likely N-dealkylation sites (tertiary alicyclic amines) is 1. The number of ether oxygens (including phenoxy) is 1. The van der Waals surface area contributed by atoms with Crippen LogP contribution in [0.3, 0.4) is 0 Å². The van der Waals surface area contributed by atoms with E-state index in [4.69, 9.17) is 15.0 Å². The SMILES string of the molecule is COCCCc1nc(C(N)CN2CCCCC2)no1. The summed E-state index contributed by atoms with van der Waals surface area (Å²) in [6.45, 7) is 3.78. The minimum atomic E-state index is -0.155. The Labute approximate surface area is 114 Å². The second-order valence-corrected chi connectivity index (χ2v) is 5.11. The average Bonchev–Trinajstić information content (AvgIpc) is 2.89. The van der Waals surface area contributed by atoms with Crippen LogP contribution >= 0.6 is 0 Å². The summed E-state index contributed by atoms with van der Waals surface area (Å²) in [6, 6.07) is -0.155. The van der Waals surface area contributed by atoms with Crippen LogP contribution in [0.15, 0.2) is 4.52 Å². The molecule has 0 saturated carbocycles. The molecular formula is C13H24N4O2. The first-order chi connectivity index (χ1) is 9.29. The molecule has 2 rings (SSSR count). The first-order valence-electron chi connectivity index (χ1n) is 7.09. The molecule has 1 aliphatic rings. The number of hydrogen-bond donors (Lipinski definition) is 1. The molecule has 0 aliphatic carbocycles. The lowest BCUT2D eigenvalue weighted by molar-refractivity contribution is 0.191. The fourth-order valence-electron chi connectivity index (χ4n) is 2.39. The predicted octanol–water partition coefficient (Wildman–Crippen LogP) is 1.13. The van der Waals surface area contributed by atoms with Gasteiger partial charge >= 0.3 is 0 Å². The number of nitrogens with zero attached hydrogens (tertiary/aromatic N) is 3. The van der Waals surface area contributed by atoms with Crippen molar-refractivity contribution < 1.29 is 9.26 Å². The minimum absolute atomic E-state index is 0.155. The summed E-state index contributed by atoms with van der Waals surface area (Å²) in [5.41, 5.74) is 6.14. The van der Waals surface area contributed by atoms with E-state index in [2.05, 4.69) is 15.0 Å². The molecule has 2 N–H and O–H groups in total. The fraction of sp³-hybridized carbons (Fsp3) is 0.846. The highest BCUT2D eigenvalue weighted by Gasteiger charge is 2.19. The van der Waals surface area contributed by atoms with Gasteiger partial charge in [-0.05, 0) is 32.4 Å². The van der Waals surface area contributed by atoms with Crippen LogP contribution in [0, 0.1) is 0 Å². The highest BCUT2D eigenvalue weighted by atomic mass is 16.5. The van der Waals surface area contributed by atoms with Crippen molar-refractivity contribution in [2.75, 3.05) is 33.4 Å². The zero-order valence-corrected chi connectivity index (χ0v) is 11.7. The van der Waals surface area contributed by atoms with Gasteiger partial charge in [0.1, 0.15) is 0 Å². The molecule has 1 fully saturated rings. The lowest BCUT2D eigenvalue weighted by Crippen LogP contribution is -2.36. The maximum absolute atomic E-state index is 6.14. The van der Waals surface area contributed by atoms with Crippen LogP contribution in [-0.4, -0.2) is 48.4 Å². The quantitative estimate of drug-likeness (QED) is 0.747. The van der Waals surface area contributed by atoms with E-state index in [1.54, 1.807) is 7.11 Å². The van der Waals surface area contributed by atoms with Crippen LogP contribution < -0.4 is 5.73 Å². The van der Waals surface area contributed by atoms with E-state index in [0.29, 0.717) is 18.3 Å². The van der Waals surface area contributed by atoms with Crippen LogP contribution in [0.2, 0.25) is 0 Å². The number of piperidine rings is 1. The van der Waals surface area contributed by atoms with Crippen LogP contribution in [0.4, 0.5) is 0 Å². The molecule has 1 saturated heterocycles. The summed E-state index contributed by atoms with van der Waals surface area (Å²) < 4.78 is 10.2. The Morgan fingerprint density at radius 1 is 1.37 bits per heavy atom. The molecule has 19 heavy (non-hydrogen) atoms. The topological polar surface area (TPSA) is 77.4 Å². The molecule has 6 heteroatoms. The van der Waals surface area contributed by atoms with Gasteiger partial charge in [-0.3, -0.25) is 0 Å². The highest BCUT2D eigenvalue weighted by Crippen LogP contribution is 2.14. The van der Waals surface area contributed by atoms with Crippen LogP contribution in [-0.2, 0) is 11.2 Å². The Morgan fingerprint density at radius 3 is 2.89 bits per heavy atom. The second kappa shape index (κ2) is 7.57. The standard InChI is InChI=1S/C13H24N4O2/c1-18-9-5-6-12-15-13(16-19-12)11(14)10-17-7-3-2-4-8-17/h11H,2-10,14H2,1H3. The number of nitrogens with two attached hydrogens (primary N) is 1. The van der Waals surface area contributed by atoms with Gasteiger partial charge in [0.25, 0.3) is 0 Å². The van der Waals surface area contributed by atoms with Crippen molar-refractivity contribution in [3.05, 3.63) is 11.7 Å². The van der Waals surface area contributed by atoms with E-state index in [1.807, 2.05) is 0 Å². The number of aromatic nitrogens is 2. The largest absolute Gasteiger partial charge is 0.385 e. The van der Waals surface area contributed by atoms with Crippen LogP contribution in [0.5, 0.6) is 0 Å². The first kappa shape index (κ1) is 14.4. The van der Waals surface area contributed by atoms with Gasteiger partial charge in [-0.15, -0.1) is 0 Å². The van der Waals surface area contributed by atoms with Gasteiger partial charge in [-0.25, -0.2) is 0 Å². The smallest absolute Gasteiger partial charge is 0.226 e. The molecule has 0 spiro atoms. The number of hydrogen-bond acceptors (Lipinski definition) is 6. The summed E-state index contributed by atoms with van der Waals surface area (Å²) in [7, 11) is 1.69. The molecule has 6 nitrogen and oxygen atoms in total.